The fourth-order valence-corrected chi connectivity index (χ4v) is 4.03. The van der Waals surface area contributed by atoms with Crippen LogP contribution in [0.5, 0.6) is 0 Å². The average molecular weight is 404 g/mol. The number of carbonyl (C=O) groups is 1. The second-order valence-corrected chi connectivity index (χ2v) is 7.72. The van der Waals surface area contributed by atoms with E-state index in [0.717, 1.165) is 49.0 Å². The van der Waals surface area contributed by atoms with Gasteiger partial charge >= 0.3 is 5.97 Å². The second kappa shape index (κ2) is 9.41. The smallest absolute Gasteiger partial charge is 0.307 e. The van der Waals surface area contributed by atoms with Crippen LogP contribution in [0.15, 0.2) is 48.5 Å². The molecule has 2 aromatic rings. The van der Waals surface area contributed by atoms with Gasteiger partial charge in [0.25, 0.3) is 0 Å². The van der Waals surface area contributed by atoms with Gasteiger partial charge in [0.2, 0.25) is 0 Å². The van der Waals surface area contributed by atoms with Gasteiger partial charge in [0.1, 0.15) is 0 Å². The maximum Gasteiger partial charge on any atom is 0.307 e. The molecule has 0 saturated carbocycles. The summed E-state index contributed by atoms with van der Waals surface area (Å²) in [6.45, 7) is 2.51. The van der Waals surface area contributed by atoms with Crippen LogP contribution in [0.4, 0.5) is 0 Å². The number of carboxylic acid groups (broad SMARTS) is 1. The standard InChI is InChI=1S/C22H23Cl2NO2/c23-18-10-11-20(21(24)14-18)19-9-2-1-6-16(19)7-3-4-12-25-13-5-8-17(15-25)22(26)27/h1-3,6-7,9-11,14,17H,4-5,8,12-13,15H2,(H,26,27)/b7-3+/t17-/m1/s1. The zero-order chi connectivity index (χ0) is 19.2. The highest BCUT2D eigenvalue weighted by atomic mass is 35.5. The van der Waals surface area contributed by atoms with Gasteiger partial charge in [-0.3, -0.25) is 4.79 Å². The lowest BCUT2D eigenvalue weighted by atomic mass is 9.98. The van der Waals surface area contributed by atoms with Crippen LogP contribution in [-0.2, 0) is 4.79 Å². The first-order valence-corrected chi connectivity index (χ1v) is 9.96. The first-order chi connectivity index (χ1) is 13.0. The van der Waals surface area contributed by atoms with E-state index in [2.05, 4.69) is 29.2 Å². The lowest BCUT2D eigenvalue weighted by Gasteiger charge is -2.30. The van der Waals surface area contributed by atoms with Crippen molar-refractivity contribution in [2.75, 3.05) is 19.6 Å². The lowest BCUT2D eigenvalue weighted by molar-refractivity contribution is -0.143. The third-order valence-electron chi connectivity index (χ3n) is 4.95. The average Bonchev–Trinajstić information content (AvgIpc) is 2.66. The summed E-state index contributed by atoms with van der Waals surface area (Å²) < 4.78 is 0. The van der Waals surface area contributed by atoms with E-state index >= 15 is 0 Å². The number of benzene rings is 2. The van der Waals surface area contributed by atoms with Crippen molar-refractivity contribution in [3.63, 3.8) is 0 Å². The lowest BCUT2D eigenvalue weighted by Crippen LogP contribution is -2.38. The summed E-state index contributed by atoms with van der Waals surface area (Å²) in [5, 5.41) is 10.5. The maximum atomic E-state index is 11.2. The van der Waals surface area contributed by atoms with Crippen molar-refractivity contribution >= 4 is 35.2 Å². The number of nitrogens with zero attached hydrogens (tertiary/aromatic N) is 1. The molecule has 0 aliphatic carbocycles. The van der Waals surface area contributed by atoms with E-state index in [1.807, 2.05) is 24.3 Å². The molecule has 0 aromatic heterocycles. The quantitative estimate of drug-likeness (QED) is 0.656. The highest BCUT2D eigenvalue weighted by molar-refractivity contribution is 6.36. The largest absolute Gasteiger partial charge is 0.481 e. The van der Waals surface area contributed by atoms with Gasteiger partial charge in [-0.05, 0) is 49.1 Å². The van der Waals surface area contributed by atoms with E-state index in [-0.39, 0.29) is 5.92 Å². The normalized spacial score (nSPS) is 18.1. The van der Waals surface area contributed by atoms with Crippen molar-refractivity contribution < 1.29 is 9.90 Å². The molecule has 3 nitrogen and oxygen atoms in total. The number of rotatable bonds is 6. The third-order valence-corrected chi connectivity index (χ3v) is 5.49. The van der Waals surface area contributed by atoms with Crippen molar-refractivity contribution in [3.05, 3.63) is 64.1 Å². The van der Waals surface area contributed by atoms with Crippen LogP contribution in [0.2, 0.25) is 10.0 Å². The number of aliphatic carboxylic acids is 1. The Hall–Kier alpha value is -1.81. The Balaban J connectivity index is 1.65. The fourth-order valence-electron chi connectivity index (χ4n) is 3.52. The minimum absolute atomic E-state index is 0.226. The summed E-state index contributed by atoms with van der Waals surface area (Å²) in [7, 11) is 0. The first-order valence-electron chi connectivity index (χ1n) is 9.21. The van der Waals surface area contributed by atoms with Crippen LogP contribution >= 0.6 is 23.2 Å². The molecular formula is C22H23Cl2NO2. The molecule has 5 heteroatoms. The van der Waals surface area contributed by atoms with Gasteiger partial charge in [-0.25, -0.2) is 0 Å². The summed E-state index contributed by atoms with van der Waals surface area (Å²) in [5.74, 6) is -0.903. The van der Waals surface area contributed by atoms with Crippen molar-refractivity contribution in [1.29, 1.82) is 0 Å². The van der Waals surface area contributed by atoms with Gasteiger partial charge in [0, 0.05) is 28.7 Å². The summed E-state index contributed by atoms with van der Waals surface area (Å²) >= 11 is 12.4. The van der Waals surface area contributed by atoms with Crippen LogP contribution in [0, 0.1) is 5.92 Å². The van der Waals surface area contributed by atoms with Crippen LogP contribution < -0.4 is 0 Å². The minimum atomic E-state index is -0.677. The highest BCUT2D eigenvalue weighted by Crippen LogP contribution is 2.33. The predicted molar refractivity (Wildman–Crippen MR) is 112 cm³/mol. The Morgan fingerprint density at radius 2 is 2.00 bits per heavy atom. The number of piperidine rings is 1. The Morgan fingerprint density at radius 3 is 2.78 bits per heavy atom. The molecule has 1 aliphatic rings. The number of carboxylic acids is 1. The molecule has 3 rings (SSSR count). The molecule has 0 unspecified atom stereocenters. The Bertz CT molecular complexity index is 835. The topological polar surface area (TPSA) is 40.5 Å². The molecule has 0 bridgehead atoms. The zero-order valence-electron chi connectivity index (χ0n) is 15.1. The molecule has 142 valence electrons. The molecule has 1 fully saturated rings. The van der Waals surface area contributed by atoms with Gasteiger partial charge in [0.15, 0.2) is 0 Å². The molecule has 1 N–H and O–H groups in total. The van der Waals surface area contributed by atoms with Gasteiger partial charge in [0.05, 0.1) is 5.92 Å². The molecule has 1 atom stereocenters. The SMILES string of the molecule is O=C(O)[C@@H]1CCCN(CC/C=C/c2ccccc2-c2ccc(Cl)cc2Cl)C1. The van der Waals surface area contributed by atoms with Crippen molar-refractivity contribution in [2.24, 2.45) is 5.92 Å². The number of hydrogen-bond donors (Lipinski definition) is 1. The van der Waals surface area contributed by atoms with Crippen molar-refractivity contribution in [2.45, 2.75) is 19.3 Å². The van der Waals surface area contributed by atoms with E-state index in [0.29, 0.717) is 16.6 Å². The highest BCUT2D eigenvalue weighted by Gasteiger charge is 2.24. The fraction of sp³-hybridized carbons (Fsp3) is 0.318. The third kappa shape index (κ3) is 5.35. The Kier molecular flexibility index (Phi) is 6.95. The second-order valence-electron chi connectivity index (χ2n) is 6.88. The number of halogens is 2. The molecule has 0 radical (unpaired) electrons. The van der Waals surface area contributed by atoms with Gasteiger partial charge < -0.3 is 10.0 Å². The summed E-state index contributed by atoms with van der Waals surface area (Å²) in [6.07, 6.45) is 6.89. The van der Waals surface area contributed by atoms with Gasteiger partial charge in [-0.2, -0.15) is 0 Å². The molecule has 2 aromatic carbocycles. The molecule has 0 spiro atoms. The summed E-state index contributed by atoms with van der Waals surface area (Å²) in [4.78, 5) is 13.4. The molecule has 27 heavy (non-hydrogen) atoms. The van der Waals surface area contributed by atoms with Crippen LogP contribution in [0.1, 0.15) is 24.8 Å². The van der Waals surface area contributed by atoms with E-state index in [9.17, 15) is 9.90 Å². The first kappa shape index (κ1) is 19.9. The van der Waals surface area contributed by atoms with Gasteiger partial charge in [-0.1, -0.05) is 65.7 Å². The molecular weight excluding hydrogens is 381 g/mol. The molecule has 0 amide bonds. The van der Waals surface area contributed by atoms with E-state index < -0.39 is 5.97 Å². The molecule has 1 heterocycles. The number of hydrogen-bond acceptors (Lipinski definition) is 2. The molecule has 1 saturated heterocycles. The predicted octanol–water partition coefficient (Wildman–Crippen LogP) is 5.86. The van der Waals surface area contributed by atoms with Crippen molar-refractivity contribution in [3.8, 4) is 11.1 Å². The Labute approximate surface area is 170 Å². The Morgan fingerprint density at radius 1 is 1.19 bits per heavy atom. The van der Waals surface area contributed by atoms with E-state index in [4.69, 9.17) is 23.2 Å². The van der Waals surface area contributed by atoms with Crippen molar-refractivity contribution in [1.82, 2.24) is 4.90 Å². The summed E-state index contributed by atoms with van der Waals surface area (Å²) in [6, 6.07) is 13.7. The number of likely N-dealkylation sites (tertiary alicyclic amines) is 1. The van der Waals surface area contributed by atoms with Crippen LogP contribution in [0.25, 0.3) is 17.2 Å². The monoisotopic (exact) mass is 403 g/mol. The summed E-state index contributed by atoms with van der Waals surface area (Å²) in [5.41, 5.74) is 3.13. The molecule has 1 aliphatic heterocycles. The van der Waals surface area contributed by atoms with Crippen LogP contribution in [-0.4, -0.2) is 35.6 Å². The zero-order valence-corrected chi connectivity index (χ0v) is 16.6. The minimum Gasteiger partial charge on any atom is -0.481 e. The maximum absolute atomic E-state index is 11.2. The van der Waals surface area contributed by atoms with E-state index in [1.54, 1.807) is 6.07 Å². The van der Waals surface area contributed by atoms with Gasteiger partial charge in [-0.15, -0.1) is 0 Å². The van der Waals surface area contributed by atoms with E-state index in [1.165, 1.54) is 0 Å². The van der Waals surface area contributed by atoms with Crippen LogP contribution in [0.3, 0.4) is 0 Å².